The second-order valence-electron chi connectivity index (χ2n) is 7.17. The van der Waals surface area contributed by atoms with E-state index in [1.165, 1.54) is 31.2 Å². The summed E-state index contributed by atoms with van der Waals surface area (Å²) in [4.78, 5) is 0. The minimum Gasteiger partial charge on any atom is -0.353 e. The van der Waals surface area contributed by atoms with Crippen molar-refractivity contribution in [2.24, 2.45) is 5.41 Å². The van der Waals surface area contributed by atoms with Gasteiger partial charge in [-0.25, -0.2) is 0 Å². The van der Waals surface area contributed by atoms with Gasteiger partial charge in [0, 0.05) is 11.6 Å². The van der Waals surface area contributed by atoms with Gasteiger partial charge >= 0.3 is 0 Å². The van der Waals surface area contributed by atoms with Gasteiger partial charge in [0.2, 0.25) is 0 Å². The van der Waals surface area contributed by atoms with Crippen molar-refractivity contribution in [2.75, 3.05) is 6.61 Å². The van der Waals surface area contributed by atoms with E-state index in [4.69, 9.17) is 21.1 Å². The first kappa shape index (κ1) is 17.0. The molecule has 1 aromatic rings. The fourth-order valence-electron chi connectivity index (χ4n) is 3.49. The Hall–Kier alpha value is -0.830. The number of benzene rings is 1. The fourth-order valence-corrected chi connectivity index (χ4v) is 3.69. The molecular weight excluding hydrogens is 308 g/mol. The molecule has 23 heavy (non-hydrogen) atoms. The van der Waals surface area contributed by atoms with Crippen LogP contribution in [0.1, 0.15) is 57.4 Å². The molecule has 2 aliphatic rings. The molecule has 0 bridgehead atoms. The third-order valence-electron chi connectivity index (χ3n) is 5.08. The Labute approximate surface area is 144 Å². The molecule has 1 aliphatic carbocycles. The van der Waals surface area contributed by atoms with Crippen LogP contribution in [0.25, 0.3) is 6.08 Å². The predicted molar refractivity (Wildman–Crippen MR) is 95.5 cm³/mol. The summed E-state index contributed by atoms with van der Waals surface area (Å²) in [5, 5.41) is 0.793. The lowest BCUT2D eigenvalue weighted by Gasteiger charge is -2.37. The van der Waals surface area contributed by atoms with Gasteiger partial charge in [0.1, 0.15) is 0 Å². The van der Waals surface area contributed by atoms with Crippen molar-refractivity contribution in [1.29, 1.82) is 0 Å². The molecule has 2 fully saturated rings. The van der Waals surface area contributed by atoms with E-state index in [9.17, 15) is 0 Å². The van der Waals surface area contributed by atoms with Crippen LogP contribution in [-0.4, -0.2) is 19.0 Å². The van der Waals surface area contributed by atoms with E-state index in [1.807, 2.05) is 18.2 Å². The lowest BCUT2D eigenvalue weighted by Crippen LogP contribution is -2.32. The molecule has 0 N–H and O–H groups in total. The molecule has 3 rings (SSSR count). The molecule has 0 aromatic heterocycles. The van der Waals surface area contributed by atoms with Crippen molar-refractivity contribution in [3.05, 3.63) is 40.9 Å². The van der Waals surface area contributed by atoms with Crippen molar-refractivity contribution >= 4 is 17.7 Å². The third kappa shape index (κ3) is 5.07. The van der Waals surface area contributed by atoms with Crippen LogP contribution in [0.15, 0.2) is 30.3 Å². The largest absolute Gasteiger partial charge is 0.353 e. The van der Waals surface area contributed by atoms with Gasteiger partial charge in [-0.15, -0.1) is 0 Å². The Morgan fingerprint density at radius 3 is 2.74 bits per heavy atom. The van der Waals surface area contributed by atoms with Crippen LogP contribution in [0.5, 0.6) is 0 Å². The molecular formula is C20H27ClO2. The molecule has 3 heteroatoms. The number of ether oxygens (including phenoxy) is 2. The molecule has 2 nitrogen and oxygen atoms in total. The fraction of sp³-hybridized carbons (Fsp3) is 0.600. The minimum absolute atomic E-state index is 0.0418. The molecule has 1 atom stereocenters. The lowest BCUT2D eigenvalue weighted by atomic mass is 9.74. The van der Waals surface area contributed by atoms with E-state index < -0.39 is 0 Å². The van der Waals surface area contributed by atoms with Crippen LogP contribution in [-0.2, 0) is 9.47 Å². The van der Waals surface area contributed by atoms with Crippen molar-refractivity contribution < 1.29 is 9.47 Å². The molecule has 1 saturated heterocycles. The van der Waals surface area contributed by atoms with E-state index >= 15 is 0 Å². The van der Waals surface area contributed by atoms with Gasteiger partial charge in [-0.05, 0) is 68.1 Å². The zero-order chi connectivity index (χ0) is 16.1. The molecule has 1 aromatic carbocycles. The van der Waals surface area contributed by atoms with Gasteiger partial charge in [0.25, 0.3) is 0 Å². The quantitative estimate of drug-likeness (QED) is 0.688. The summed E-state index contributed by atoms with van der Waals surface area (Å²) in [6.07, 6.45) is 13.0. The summed E-state index contributed by atoms with van der Waals surface area (Å²) < 4.78 is 11.8. The normalized spacial score (nSPS) is 32.3. The van der Waals surface area contributed by atoms with Crippen LogP contribution in [0, 0.1) is 5.41 Å². The Kier molecular flexibility index (Phi) is 5.79. The predicted octanol–water partition coefficient (Wildman–Crippen LogP) is 5.85. The van der Waals surface area contributed by atoms with Gasteiger partial charge in [-0.2, -0.15) is 0 Å². The van der Waals surface area contributed by atoms with Crippen LogP contribution >= 0.6 is 11.6 Å². The van der Waals surface area contributed by atoms with Crippen molar-refractivity contribution in [3.8, 4) is 0 Å². The molecule has 1 saturated carbocycles. The number of hydrogen-bond donors (Lipinski definition) is 0. The van der Waals surface area contributed by atoms with Gasteiger partial charge in [-0.3, -0.25) is 0 Å². The molecule has 0 radical (unpaired) electrons. The Balaban J connectivity index is 1.50. The van der Waals surface area contributed by atoms with Gasteiger partial charge in [0.15, 0.2) is 6.29 Å². The molecule has 1 unspecified atom stereocenters. The van der Waals surface area contributed by atoms with Crippen molar-refractivity contribution in [1.82, 2.24) is 0 Å². The lowest BCUT2D eigenvalue weighted by molar-refractivity contribution is -0.195. The van der Waals surface area contributed by atoms with Crippen molar-refractivity contribution in [3.63, 3.8) is 0 Å². The van der Waals surface area contributed by atoms with E-state index in [0.717, 1.165) is 30.9 Å². The number of rotatable bonds is 4. The molecule has 1 aliphatic heterocycles. The highest BCUT2D eigenvalue weighted by Gasteiger charge is 2.31. The highest BCUT2D eigenvalue weighted by molar-refractivity contribution is 6.30. The van der Waals surface area contributed by atoms with Gasteiger partial charge in [0.05, 0.1) is 6.10 Å². The van der Waals surface area contributed by atoms with Crippen molar-refractivity contribution in [2.45, 2.75) is 64.3 Å². The summed E-state index contributed by atoms with van der Waals surface area (Å²) in [5.74, 6) is 0. The standard InChI is InChI=1S/C20H27ClO2/c1-20(11-8-16-5-4-6-17(21)15-16)12-9-18(10-13-20)23-19-7-2-3-14-22-19/h4-6,8,11,15,18-19H,2-3,7,9-10,12-14H2,1H3/b11-8+. The number of allylic oxidation sites excluding steroid dienone is 1. The molecule has 0 spiro atoms. The summed E-state index contributed by atoms with van der Waals surface area (Å²) in [6, 6.07) is 8.02. The SMILES string of the molecule is CC1(/C=C/c2cccc(Cl)c2)CCC(OC2CCCCO2)CC1. The smallest absolute Gasteiger partial charge is 0.157 e. The Morgan fingerprint density at radius 1 is 1.22 bits per heavy atom. The first-order valence-electron chi connectivity index (χ1n) is 8.85. The van der Waals surface area contributed by atoms with Crippen LogP contribution in [0.4, 0.5) is 0 Å². The molecule has 1 heterocycles. The third-order valence-corrected chi connectivity index (χ3v) is 5.32. The zero-order valence-electron chi connectivity index (χ0n) is 14.0. The number of hydrogen-bond acceptors (Lipinski definition) is 2. The maximum Gasteiger partial charge on any atom is 0.157 e. The monoisotopic (exact) mass is 334 g/mol. The van der Waals surface area contributed by atoms with Crippen LogP contribution < -0.4 is 0 Å². The summed E-state index contributed by atoms with van der Waals surface area (Å²) in [6.45, 7) is 3.21. The zero-order valence-corrected chi connectivity index (χ0v) is 14.7. The van der Waals surface area contributed by atoms with Crippen LogP contribution in [0.3, 0.4) is 0 Å². The summed E-state index contributed by atoms with van der Waals surface area (Å²) >= 11 is 6.05. The topological polar surface area (TPSA) is 18.5 Å². The van der Waals surface area contributed by atoms with Gasteiger partial charge in [-0.1, -0.05) is 42.8 Å². The second kappa shape index (κ2) is 7.83. The van der Waals surface area contributed by atoms with E-state index in [0.29, 0.717) is 6.10 Å². The highest BCUT2D eigenvalue weighted by atomic mass is 35.5. The molecule has 126 valence electrons. The Bertz CT molecular complexity index is 526. The first-order chi connectivity index (χ1) is 11.1. The first-order valence-corrected chi connectivity index (χ1v) is 9.23. The summed E-state index contributed by atoms with van der Waals surface area (Å²) in [5.41, 5.74) is 1.43. The second-order valence-corrected chi connectivity index (χ2v) is 7.61. The highest BCUT2D eigenvalue weighted by Crippen LogP contribution is 2.39. The van der Waals surface area contributed by atoms with E-state index in [-0.39, 0.29) is 11.7 Å². The Morgan fingerprint density at radius 2 is 2.04 bits per heavy atom. The average Bonchev–Trinajstić information content (AvgIpc) is 2.57. The minimum atomic E-state index is 0.0418. The average molecular weight is 335 g/mol. The maximum atomic E-state index is 6.14. The van der Waals surface area contributed by atoms with Crippen LogP contribution in [0.2, 0.25) is 5.02 Å². The van der Waals surface area contributed by atoms with E-state index in [2.05, 4.69) is 25.1 Å². The van der Waals surface area contributed by atoms with Gasteiger partial charge < -0.3 is 9.47 Å². The maximum absolute atomic E-state index is 6.14. The summed E-state index contributed by atoms with van der Waals surface area (Å²) in [7, 11) is 0. The number of halogens is 1. The van der Waals surface area contributed by atoms with E-state index in [1.54, 1.807) is 0 Å². The molecule has 0 amide bonds.